The highest BCUT2D eigenvalue weighted by molar-refractivity contribution is 6.10. The van der Waals surface area contributed by atoms with Crippen molar-refractivity contribution >= 4 is 22.9 Å². The number of benzene rings is 3. The van der Waals surface area contributed by atoms with Crippen molar-refractivity contribution in [1.29, 1.82) is 0 Å². The summed E-state index contributed by atoms with van der Waals surface area (Å²) >= 11 is 0. The number of carboxylic acids is 1. The number of phenolic OH excluding ortho intramolecular Hbond substituents is 1. The summed E-state index contributed by atoms with van der Waals surface area (Å²) in [5.41, 5.74) is 0.160. The minimum atomic E-state index is -1.32. The van der Waals surface area contributed by atoms with Crippen molar-refractivity contribution in [2.75, 3.05) is 6.54 Å². The van der Waals surface area contributed by atoms with E-state index >= 15 is 0 Å². The van der Waals surface area contributed by atoms with Crippen LogP contribution in [0.25, 0.3) is 33.4 Å². The molecule has 1 aromatic heterocycles. The van der Waals surface area contributed by atoms with Crippen LogP contribution in [-0.2, 0) is 4.79 Å². The zero-order valence-electron chi connectivity index (χ0n) is 16.6. The molecule has 4 aromatic rings. The molecule has 1 heterocycles. The predicted molar refractivity (Wildman–Crippen MR) is 112 cm³/mol. The summed E-state index contributed by atoms with van der Waals surface area (Å²) in [6, 6.07) is 9.72. The lowest BCUT2D eigenvalue weighted by molar-refractivity contribution is -0.135. The molecule has 1 amide bonds. The van der Waals surface area contributed by atoms with Crippen molar-refractivity contribution in [1.82, 2.24) is 15.3 Å². The molecule has 0 bridgehead atoms. The van der Waals surface area contributed by atoms with Crippen LogP contribution >= 0.6 is 0 Å². The van der Waals surface area contributed by atoms with Crippen LogP contribution < -0.4 is 5.32 Å². The molecule has 0 atom stereocenters. The molecule has 0 unspecified atom stereocenters. The van der Waals surface area contributed by atoms with Crippen LogP contribution in [0.15, 0.2) is 54.7 Å². The SMILES string of the molecule is O=C(O)CNC(=O)c1c(O)c(-c2cccc(F)c2)cc2ncc(-c3ccc(F)c(F)c3)nc12. The van der Waals surface area contributed by atoms with E-state index in [2.05, 4.69) is 15.3 Å². The van der Waals surface area contributed by atoms with Gasteiger partial charge in [-0.05, 0) is 42.0 Å². The minimum absolute atomic E-state index is 0.0670. The van der Waals surface area contributed by atoms with Gasteiger partial charge in [-0.1, -0.05) is 12.1 Å². The van der Waals surface area contributed by atoms with Crippen LogP contribution in [-0.4, -0.2) is 38.6 Å². The number of rotatable bonds is 5. The first-order chi connectivity index (χ1) is 15.7. The molecule has 7 nitrogen and oxygen atoms in total. The zero-order chi connectivity index (χ0) is 23.7. The molecule has 0 saturated carbocycles. The predicted octanol–water partition coefficient (Wildman–Crippen LogP) is 3.90. The summed E-state index contributed by atoms with van der Waals surface area (Å²) in [5, 5.41) is 21.9. The lowest BCUT2D eigenvalue weighted by Gasteiger charge is -2.14. The molecule has 0 aliphatic heterocycles. The smallest absolute Gasteiger partial charge is 0.322 e. The highest BCUT2D eigenvalue weighted by atomic mass is 19.2. The van der Waals surface area contributed by atoms with Gasteiger partial charge in [-0.2, -0.15) is 0 Å². The molecule has 0 radical (unpaired) electrons. The Labute approximate surface area is 184 Å². The maximum atomic E-state index is 13.8. The van der Waals surface area contributed by atoms with Crippen LogP contribution in [0, 0.1) is 17.5 Å². The van der Waals surface area contributed by atoms with Crippen molar-refractivity contribution in [2.24, 2.45) is 0 Å². The quantitative estimate of drug-likeness (QED) is 0.423. The molecule has 0 aliphatic carbocycles. The number of hydrogen-bond donors (Lipinski definition) is 3. The largest absolute Gasteiger partial charge is 0.506 e. The van der Waals surface area contributed by atoms with Gasteiger partial charge in [0.2, 0.25) is 0 Å². The Morgan fingerprint density at radius 2 is 1.76 bits per heavy atom. The van der Waals surface area contributed by atoms with E-state index in [0.717, 1.165) is 18.2 Å². The van der Waals surface area contributed by atoms with Crippen molar-refractivity contribution in [2.45, 2.75) is 0 Å². The maximum absolute atomic E-state index is 13.8. The number of phenols is 1. The van der Waals surface area contributed by atoms with E-state index in [1.807, 2.05) is 0 Å². The van der Waals surface area contributed by atoms with Gasteiger partial charge in [0, 0.05) is 11.1 Å². The summed E-state index contributed by atoms with van der Waals surface area (Å²) in [5.74, 6) is -5.61. The van der Waals surface area contributed by atoms with Gasteiger partial charge in [-0.15, -0.1) is 0 Å². The normalized spacial score (nSPS) is 10.9. The number of carbonyl (C=O) groups is 2. The fourth-order valence-corrected chi connectivity index (χ4v) is 3.27. The van der Waals surface area contributed by atoms with Crippen LogP contribution in [0.5, 0.6) is 5.75 Å². The second kappa shape index (κ2) is 8.58. The number of aromatic hydroxyl groups is 1. The number of aliphatic carboxylic acids is 1. The number of amides is 1. The second-order valence-electron chi connectivity index (χ2n) is 6.99. The minimum Gasteiger partial charge on any atom is -0.506 e. The Morgan fingerprint density at radius 3 is 2.45 bits per heavy atom. The van der Waals surface area contributed by atoms with Gasteiger partial charge in [0.25, 0.3) is 5.91 Å². The molecule has 0 fully saturated rings. The van der Waals surface area contributed by atoms with E-state index in [0.29, 0.717) is 0 Å². The molecule has 4 rings (SSSR count). The summed E-state index contributed by atoms with van der Waals surface area (Å²) < 4.78 is 40.7. The van der Waals surface area contributed by atoms with Gasteiger partial charge in [0.05, 0.1) is 17.4 Å². The molecule has 3 N–H and O–H groups in total. The molecular weight excluding hydrogens is 439 g/mol. The maximum Gasteiger partial charge on any atom is 0.322 e. The van der Waals surface area contributed by atoms with Crippen molar-refractivity contribution in [3.8, 4) is 28.1 Å². The molecule has 0 spiro atoms. The monoisotopic (exact) mass is 453 g/mol. The summed E-state index contributed by atoms with van der Waals surface area (Å²) in [6.45, 7) is -0.736. The number of aromatic nitrogens is 2. The number of carbonyl (C=O) groups excluding carboxylic acids is 1. The Bertz CT molecular complexity index is 1430. The Balaban J connectivity index is 1.95. The highest BCUT2D eigenvalue weighted by Gasteiger charge is 2.23. The topological polar surface area (TPSA) is 112 Å². The molecule has 166 valence electrons. The number of carboxylic acid groups (broad SMARTS) is 1. The van der Waals surface area contributed by atoms with Gasteiger partial charge in [-0.25, -0.2) is 18.2 Å². The third-order valence-corrected chi connectivity index (χ3v) is 4.79. The average molecular weight is 453 g/mol. The zero-order valence-corrected chi connectivity index (χ0v) is 16.6. The van der Waals surface area contributed by atoms with Gasteiger partial charge >= 0.3 is 5.97 Å². The van der Waals surface area contributed by atoms with Crippen LogP contribution in [0.2, 0.25) is 0 Å². The van der Waals surface area contributed by atoms with Gasteiger partial charge in [0.15, 0.2) is 11.6 Å². The summed E-state index contributed by atoms with van der Waals surface area (Å²) in [7, 11) is 0. The third-order valence-electron chi connectivity index (χ3n) is 4.79. The number of fused-ring (bicyclic) bond motifs is 1. The molecule has 10 heteroatoms. The second-order valence-corrected chi connectivity index (χ2v) is 6.99. The first-order valence-electron chi connectivity index (χ1n) is 9.48. The van der Waals surface area contributed by atoms with E-state index in [9.17, 15) is 27.9 Å². The third kappa shape index (κ3) is 4.31. The Morgan fingerprint density at radius 1 is 0.970 bits per heavy atom. The lowest BCUT2D eigenvalue weighted by Crippen LogP contribution is -2.29. The average Bonchev–Trinajstić information content (AvgIpc) is 2.78. The van der Waals surface area contributed by atoms with Crippen molar-refractivity contribution < 1.29 is 33.0 Å². The fraction of sp³-hybridized carbons (Fsp3) is 0.0435. The molecule has 0 aliphatic rings. The van der Waals surface area contributed by atoms with Crippen molar-refractivity contribution in [3.63, 3.8) is 0 Å². The molecule has 3 aromatic carbocycles. The molecular formula is C23H14F3N3O4. The van der Waals surface area contributed by atoms with E-state index in [1.165, 1.54) is 36.5 Å². The van der Waals surface area contributed by atoms with Crippen LogP contribution in [0.4, 0.5) is 13.2 Å². The summed E-state index contributed by atoms with van der Waals surface area (Å²) in [4.78, 5) is 32.2. The Kier molecular flexibility index (Phi) is 5.65. The number of nitrogens with one attached hydrogen (secondary N) is 1. The van der Waals surface area contributed by atoms with Crippen molar-refractivity contribution in [3.05, 3.63) is 77.7 Å². The molecule has 0 saturated heterocycles. The molecule has 33 heavy (non-hydrogen) atoms. The first-order valence-corrected chi connectivity index (χ1v) is 9.48. The van der Waals surface area contributed by atoms with Gasteiger partial charge in [0.1, 0.15) is 29.2 Å². The van der Waals surface area contributed by atoms with E-state index in [-0.39, 0.29) is 33.4 Å². The fourth-order valence-electron chi connectivity index (χ4n) is 3.27. The van der Waals surface area contributed by atoms with E-state index < -0.39 is 47.2 Å². The number of nitrogens with zero attached hydrogens (tertiary/aromatic N) is 2. The first kappa shape index (κ1) is 21.8. The summed E-state index contributed by atoms with van der Waals surface area (Å²) in [6.07, 6.45) is 1.26. The number of hydrogen-bond acceptors (Lipinski definition) is 5. The van der Waals surface area contributed by atoms with E-state index in [1.54, 1.807) is 0 Å². The van der Waals surface area contributed by atoms with Crippen LogP contribution in [0.3, 0.4) is 0 Å². The lowest BCUT2D eigenvalue weighted by atomic mass is 9.98. The highest BCUT2D eigenvalue weighted by Crippen LogP contribution is 2.37. The Hall–Kier alpha value is -4.47. The number of halogens is 3. The van der Waals surface area contributed by atoms with Gasteiger partial charge < -0.3 is 15.5 Å². The standard InChI is InChI=1S/C23H14F3N3O4/c24-13-3-1-2-11(6-13)14-8-17-21(20(22(14)32)23(33)28-10-19(30)31)29-18(9-27-17)12-4-5-15(25)16(26)7-12/h1-9,32H,10H2,(H,28,33)(H,30,31). The van der Waals surface area contributed by atoms with E-state index in [4.69, 9.17) is 5.11 Å². The van der Waals surface area contributed by atoms with Crippen LogP contribution in [0.1, 0.15) is 10.4 Å². The van der Waals surface area contributed by atoms with Gasteiger partial charge in [-0.3, -0.25) is 14.6 Å².